The molecule has 0 aliphatic rings. The van der Waals surface area contributed by atoms with Crippen LogP contribution in [0.5, 0.6) is 0 Å². The Morgan fingerprint density at radius 3 is 2.67 bits per heavy atom. The average Bonchev–Trinajstić information content (AvgIpc) is 2.55. The highest BCUT2D eigenvalue weighted by molar-refractivity contribution is 7.99. The molecule has 4 nitrogen and oxygen atoms in total. The van der Waals surface area contributed by atoms with Gasteiger partial charge >= 0.3 is 0 Å². The van der Waals surface area contributed by atoms with E-state index >= 15 is 0 Å². The molecule has 1 heterocycles. The van der Waals surface area contributed by atoms with Gasteiger partial charge in [0.15, 0.2) is 5.16 Å². The summed E-state index contributed by atoms with van der Waals surface area (Å²) < 4.78 is 2.03. The van der Waals surface area contributed by atoms with Crippen molar-refractivity contribution in [3.8, 4) is 0 Å². The van der Waals surface area contributed by atoms with E-state index in [0.29, 0.717) is 6.04 Å². The molecule has 0 saturated heterocycles. The molecule has 0 aliphatic heterocycles. The molecule has 86 valence electrons. The molecule has 0 spiro atoms. The highest BCUT2D eigenvalue weighted by Gasteiger charge is 2.09. The fourth-order valence-corrected chi connectivity index (χ4v) is 2.46. The van der Waals surface area contributed by atoms with Crippen LogP contribution in [0.15, 0.2) is 5.16 Å². The average molecular weight is 228 g/mol. The zero-order valence-electron chi connectivity index (χ0n) is 9.95. The van der Waals surface area contributed by atoms with Crippen molar-refractivity contribution in [2.75, 3.05) is 12.8 Å². The molecule has 5 heteroatoms. The Kier molecular flexibility index (Phi) is 5.11. The summed E-state index contributed by atoms with van der Waals surface area (Å²) in [6.07, 6.45) is 2.42. The highest BCUT2D eigenvalue weighted by Crippen LogP contribution is 2.17. The molecule has 1 aromatic heterocycles. The first-order chi connectivity index (χ1) is 7.19. The summed E-state index contributed by atoms with van der Waals surface area (Å²) in [7, 11) is 4.02. The number of nitrogens with zero attached hydrogens (tertiary/aromatic N) is 3. The Morgan fingerprint density at radius 2 is 2.20 bits per heavy atom. The van der Waals surface area contributed by atoms with Gasteiger partial charge in [-0.1, -0.05) is 25.1 Å². The van der Waals surface area contributed by atoms with Crippen LogP contribution >= 0.6 is 11.8 Å². The number of aryl methyl sites for hydroxylation is 1. The maximum absolute atomic E-state index is 4.13. The maximum Gasteiger partial charge on any atom is 0.190 e. The predicted molar refractivity (Wildman–Crippen MR) is 64.2 cm³/mol. The van der Waals surface area contributed by atoms with Gasteiger partial charge < -0.3 is 9.88 Å². The van der Waals surface area contributed by atoms with E-state index in [1.165, 1.54) is 12.8 Å². The van der Waals surface area contributed by atoms with Crippen LogP contribution in [0.2, 0.25) is 0 Å². The second-order valence-electron chi connectivity index (χ2n) is 3.67. The van der Waals surface area contributed by atoms with E-state index in [1.807, 2.05) is 25.6 Å². The summed E-state index contributed by atoms with van der Waals surface area (Å²) in [6.45, 7) is 4.18. The molecular weight excluding hydrogens is 208 g/mol. The number of hydrogen-bond acceptors (Lipinski definition) is 4. The van der Waals surface area contributed by atoms with Gasteiger partial charge in [0.05, 0.1) is 0 Å². The molecule has 0 bridgehead atoms. The Hall–Kier alpha value is -0.550. The lowest BCUT2D eigenvalue weighted by Crippen LogP contribution is -2.27. The van der Waals surface area contributed by atoms with Gasteiger partial charge in [0.25, 0.3) is 0 Å². The lowest BCUT2D eigenvalue weighted by atomic mass is 10.2. The van der Waals surface area contributed by atoms with Crippen molar-refractivity contribution in [2.45, 2.75) is 37.9 Å². The Balaban J connectivity index is 2.45. The third-order valence-electron chi connectivity index (χ3n) is 2.51. The van der Waals surface area contributed by atoms with E-state index in [1.54, 1.807) is 11.8 Å². The summed E-state index contributed by atoms with van der Waals surface area (Å²) in [5.41, 5.74) is 0. The molecule has 1 atom stereocenters. The molecule has 1 aromatic rings. The second kappa shape index (κ2) is 6.12. The first kappa shape index (κ1) is 12.5. The van der Waals surface area contributed by atoms with E-state index in [0.717, 1.165) is 16.7 Å². The smallest absolute Gasteiger partial charge is 0.190 e. The third-order valence-corrected chi connectivity index (χ3v) is 3.69. The SMILES string of the molecule is CCCC(CSc1nnc(C)n1C)NC. The molecule has 0 aromatic carbocycles. The zero-order chi connectivity index (χ0) is 11.3. The van der Waals surface area contributed by atoms with Crippen LogP contribution < -0.4 is 5.32 Å². The predicted octanol–water partition coefficient (Wildman–Crippen LogP) is 1.60. The molecule has 1 N–H and O–H groups in total. The standard InChI is InChI=1S/C10H20N4S/c1-5-6-9(11-3)7-15-10-13-12-8(2)14(10)4/h9,11H,5-7H2,1-4H3. The van der Waals surface area contributed by atoms with Crippen LogP contribution in [0, 0.1) is 6.92 Å². The Bertz CT molecular complexity index is 298. The summed E-state index contributed by atoms with van der Waals surface area (Å²) >= 11 is 1.77. The Labute approximate surface area is 95.9 Å². The molecular formula is C10H20N4S. The van der Waals surface area contributed by atoms with Crippen molar-refractivity contribution in [2.24, 2.45) is 7.05 Å². The van der Waals surface area contributed by atoms with Gasteiger partial charge in [0.2, 0.25) is 0 Å². The first-order valence-electron chi connectivity index (χ1n) is 5.35. The van der Waals surface area contributed by atoms with Gasteiger partial charge in [-0.3, -0.25) is 0 Å². The lowest BCUT2D eigenvalue weighted by molar-refractivity contribution is 0.563. The Morgan fingerprint density at radius 1 is 1.47 bits per heavy atom. The van der Waals surface area contributed by atoms with Gasteiger partial charge in [-0.2, -0.15) is 0 Å². The molecule has 0 fully saturated rings. The van der Waals surface area contributed by atoms with Gasteiger partial charge in [0, 0.05) is 18.8 Å². The number of rotatable bonds is 6. The molecule has 15 heavy (non-hydrogen) atoms. The molecule has 1 unspecified atom stereocenters. The van der Waals surface area contributed by atoms with Crippen molar-refractivity contribution in [1.29, 1.82) is 0 Å². The second-order valence-corrected chi connectivity index (χ2v) is 4.66. The monoisotopic (exact) mass is 228 g/mol. The minimum atomic E-state index is 0.567. The van der Waals surface area contributed by atoms with E-state index in [2.05, 4.69) is 22.4 Å². The number of thioether (sulfide) groups is 1. The van der Waals surface area contributed by atoms with Crippen LogP contribution in [0.25, 0.3) is 0 Å². The van der Waals surface area contributed by atoms with Crippen LogP contribution in [0.1, 0.15) is 25.6 Å². The fraction of sp³-hybridized carbons (Fsp3) is 0.800. The van der Waals surface area contributed by atoms with Crippen molar-refractivity contribution in [3.63, 3.8) is 0 Å². The summed E-state index contributed by atoms with van der Waals surface area (Å²) in [5, 5.41) is 12.5. The van der Waals surface area contributed by atoms with Crippen molar-refractivity contribution < 1.29 is 0 Å². The quantitative estimate of drug-likeness (QED) is 0.751. The topological polar surface area (TPSA) is 42.7 Å². The van der Waals surface area contributed by atoms with Gasteiger partial charge in [-0.25, -0.2) is 0 Å². The van der Waals surface area contributed by atoms with Crippen molar-refractivity contribution in [1.82, 2.24) is 20.1 Å². The molecule has 0 aliphatic carbocycles. The van der Waals surface area contributed by atoms with Crippen molar-refractivity contribution in [3.05, 3.63) is 5.82 Å². The van der Waals surface area contributed by atoms with Gasteiger partial charge in [0.1, 0.15) is 5.82 Å². The van der Waals surface area contributed by atoms with Crippen molar-refractivity contribution >= 4 is 11.8 Å². The largest absolute Gasteiger partial charge is 0.316 e. The number of aromatic nitrogens is 3. The van der Waals surface area contributed by atoms with Crippen LogP contribution in [-0.2, 0) is 7.05 Å². The van der Waals surface area contributed by atoms with E-state index in [4.69, 9.17) is 0 Å². The van der Waals surface area contributed by atoms with E-state index in [9.17, 15) is 0 Å². The van der Waals surface area contributed by atoms with E-state index < -0.39 is 0 Å². The fourth-order valence-electron chi connectivity index (χ4n) is 1.35. The maximum atomic E-state index is 4.13. The normalized spacial score (nSPS) is 13.1. The minimum absolute atomic E-state index is 0.567. The first-order valence-corrected chi connectivity index (χ1v) is 6.33. The number of hydrogen-bond donors (Lipinski definition) is 1. The highest BCUT2D eigenvalue weighted by atomic mass is 32.2. The van der Waals surface area contributed by atoms with E-state index in [-0.39, 0.29) is 0 Å². The molecule has 1 rings (SSSR count). The third kappa shape index (κ3) is 3.50. The lowest BCUT2D eigenvalue weighted by Gasteiger charge is -2.13. The molecule has 0 radical (unpaired) electrons. The molecule has 0 saturated carbocycles. The van der Waals surface area contributed by atoms with Crippen LogP contribution in [0.4, 0.5) is 0 Å². The van der Waals surface area contributed by atoms with Gasteiger partial charge in [-0.15, -0.1) is 10.2 Å². The summed E-state index contributed by atoms with van der Waals surface area (Å²) in [4.78, 5) is 0. The zero-order valence-corrected chi connectivity index (χ0v) is 10.8. The van der Waals surface area contributed by atoms with Gasteiger partial charge in [-0.05, 0) is 20.4 Å². The summed E-state index contributed by atoms with van der Waals surface area (Å²) in [5.74, 6) is 2.02. The number of nitrogens with one attached hydrogen (secondary N) is 1. The molecule has 0 amide bonds. The summed E-state index contributed by atoms with van der Waals surface area (Å²) in [6, 6.07) is 0.567. The van der Waals surface area contributed by atoms with Crippen LogP contribution in [-0.4, -0.2) is 33.6 Å². The van der Waals surface area contributed by atoms with Crippen LogP contribution in [0.3, 0.4) is 0 Å². The minimum Gasteiger partial charge on any atom is -0.316 e.